The lowest BCUT2D eigenvalue weighted by Gasteiger charge is -2.06. The normalized spacial score (nSPS) is 10.4. The van der Waals surface area contributed by atoms with Gasteiger partial charge < -0.3 is 5.32 Å². The zero-order valence-electron chi connectivity index (χ0n) is 11.9. The molecule has 0 radical (unpaired) electrons. The first-order valence-corrected chi connectivity index (χ1v) is 6.95. The second-order valence-corrected chi connectivity index (χ2v) is 4.70. The molecule has 6 heteroatoms. The predicted molar refractivity (Wildman–Crippen MR) is 81.6 cm³/mol. The summed E-state index contributed by atoms with van der Waals surface area (Å²) in [4.78, 5) is 24.5. The summed E-state index contributed by atoms with van der Waals surface area (Å²) in [6.45, 7) is 0.541. The van der Waals surface area contributed by atoms with E-state index in [0.29, 0.717) is 18.5 Å². The smallest absolute Gasteiger partial charge is 0.252 e. The van der Waals surface area contributed by atoms with Crippen LogP contribution in [0.3, 0.4) is 0 Å². The molecule has 0 spiro atoms. The lowest BCUT2D eigenvalue weighted by atomic mass is 10.2. The van der Waals surface area contributed by atoms with Crippen LogP contribution in [-0.2, 0) is 6.42 Å². The quantitative estimate of drug-likeness (QED) is 0.776. The number of hydrogen-bond donors (Lipinski definition) is 1. The van der Waals surface area contributed by atoms with E-state index in [9.17, 15) is 4.79 Å². The van der Waals surface area contributed by atoms with Gasteiger partial charge in [0.25, 0.3) is 5.91 Å². The monoisotopic (exact) mass is 293 g/mol. The van der Waals surface area contributed by atoms with Crippen LogP contribution in [0.2, 0.25) is 0 Å². The fourth-order valence-electron chi connectivity index (χ4n) is 2.02. The number of carbonyl (C=O) groups excluding carboxylic acids is 1. The number of aromatic nitrogens is 4. The minimum absolute atomic E-state index is 0.138. The lowest BCUT2D eigenvalue weighted by Crippen LogP contribution is -2.26. The summed E-state index contributed by atoms with van der Waals surface area (Å²) in [7, 11) is 0. The van der Waals surface area contributed by atoms with Crippen LogP contribution in [0.5, 0.6) is 0 Å². The van der Waals surface area contributed by atoms with Gasteiger partial charge in [0.15, 0.2) is 0 Å². The minimum Gasteiger partial charge on any atom is -0.352 e. The number of nitrogens with zero attached hydrogens (tertiary/aromatic N) is 4. The van der Waals surface area contributed by atoms with Crippen LogP contribution < -0.4 is 5.32 Å². The molecule has 0 fully saturated rings. The Bertz CT molecular complexity index is 723. The largest absolute Gasteiger partial charge is 0.352 e. The molecule has 0 bridgehead atoms. The van der Waals surface area contributed by atoms with Crippen molar-refractivity contribution in [2.75, 3.05) is 6.54 Å². The molecule has 3 rings (SSSR count). The molecule has 1 N–H and O–H groups in total. The average Bonchev–Trinajstić information content (AvgIpc) is 3.10. The van der Waals surface area contributed by atoms with Crippen molar-refractivity contribution in [3.05, 3.63) is 72.7 Å². The Labute approximate surface area is 127 Å². The molecular formula is C16H15N5O. The lowest BCUT2D eigenvalue weighted by molar-refractivity contribution is 0.0953. The van der Waals surface area contributed by atoms with Crippen molar-refractivity contribution in [1.82, 2.24) is 24.8 Å². The van der Waals surface area contributed by atoms with E-state index in [4.69, 9.17) is 0 Å². The third-order valence-corrected chi connectivity index (χ3v) is 3.17. The topological polar surface area (TPSA) is 72.7 Å². The highest BCUT2D eigenvalue weighted by Crippen LogP contribution is 2.05. The molecule has 1 amide bonds. The number of imidazole rings is 1. The van der Waals surface area contributed by atoms with Gasteiger partial charge in [-0.1, -0.05) is 6.07 Å². The van der Waals surface area contributed by atoms with Gasteiger partial charge in [0.2, 0.25) is 0 Å². The maximum atomic E-state index is 12.0. The number of carbonyl (C=O) groups is 1. The average molecular weight is 293 g/mol. The number of hydrogen-bond acceptors (Lipinski definition) is 4. The number of amides is 1. The molecule has 0 aliphatic rings. The van der Waals surface area contributed by atoms with E-state index >= 15 is 0 Å². The summed E-state index contributed by atoms with van der Waals surface area (Å²) in [6.07, 6.45) is 9.15. The zero-order valence-corrected chi connectivity index (χ0v) is 11.9. The minimum atomic E-state index is -0.138. The molecule has 3 aromatic rings. The summed E-state index contributed by atoms with van der Waals surface area (Å²) < 4.78 is 1.78. The summed E-state index contributed by atoms with van der Waals surface area (Å²) in [5.74, 6) is 0.586. The summed E-state index contributed by atoms with van der Waals surface area (Å²) in [5.41, 5.74) is 1.49. The predicted octanol–water partition coefficient (Wildman–Crippen LogP) is 1.63. The van der Waals surface area contributed by atoms with Crippen molar-refractivity contribution in [1.29, 1.82) is 0 Å². The molecule has 0 saturated carbocycles. The Morgan fingerprint density at radius 3 is 2.77 bits per heavy atom. The van der Waals surface area contributed by atoms with E-state index in [1.54, 1.807) is 47.8 Å². The molecule has 0 atom stereocenters. The highest BCUT2D eigenvalue weighted by atomic mass is 16.1. The van der Waals surface area contributed by atoms with Crippen molar-refractivity contribution in [2.45, 2.75) is 6.42 Å². The second kappa shape index (κ2) is 6.62. The molecule has 3 heterocycles. The van der Waals surface area contributed by atoms with E-state index in [1.807, 2.05) is 18.2 Å². The molecule has 0 aliphatic carbocycles. The third kappa shape index (κ3) is 3.35. The van der Waals surface area contributed by atoms with Crippen LogP contribution in [0.1, 0.15) is 16.1 Å². The Hall–Kier alpha value is -3.02. The molecule has 0 aliphatic heterocycles. The van der Waals surface area contributed by atoms with Gasteiger partial charge in [0.1, 0.15) is 12.1 Å². The Kier molecular flexibility index (Phi) is 4.20. The van der Waals surface area contributed by atoms with Crippen molar-refractivity contribution in [2.24, 2.45) is 0 Å². The van der Waals surface area contributed by atoms with Crippen molar-refractivity contribution >= 4 is 5.91 Å². The Morgan fingerprint density at radius 1 is 1.14 bits per heavy atom. The van der Waals surface area contributed by atoms with Crippen LogP contribution in [0.4, 0.5) is 0 Å². The number of nitrogens with one attached hydrogen (secondary N) is 1. The second-order valence-electron chi connectivity index (χ2n) is 4.70. The first-order valence-electron chi connectivity index (χ1n) is 6.95. The van der Waals surface area contributed by atoms with Gasteiger partial charge in [-0.25, -0.2) is 9.97 Å². The van der Waals surface area contributed by atoms with Gasteiger partial charge in [0, 0.05) is 43.4 Å². The first kappa shape index (κ1) is 13.9. The van der Waals surface area contributed by atoms with Crippen LogP contribution in [0.25, 0.3) is 5.82 Å². The van der Waals surface area contributed by atoms with Gasteiger partial charge in [0.05, 0.1) is 5.56 Å². The molecular weight excluding hydrogens is 278 g/mol. The zero-order chi connectivity index (χ0) is 15.2. The van der Waals surface area contributed by atoms with Crippen LogP contribution >= 0.6 is 0 Å². The van der Waals surface area contributed by atoms with Crippen molar-refractivity contribution < 1.29 is 4.79 Å². The fraction of sp³-hybridized carbons (Fsp3) is 0.125. The SMILES string of the molecule is O=C(NCCc1ccccn1)c1ccc(-n2ccnc2)nc1. The van der Waals surface area contributed by atoms with E-state index < -0.39 is 0 Å². The number of pyridine rings is 2. The first-order chi connectivity index (χ1) is 10.8. The van der Waals surface area contributed by atoms with Crippen LogP contribution in [0.15, 0.2) is 61.4 Å². The molecule has 3 aromatic heterocycles. The Morgan fingerprint density at radius 2 is 2.09 bits per heavy atom. The van der Waals surface area contributed by atoms with Gasteiger partial charge in [-0.05, 0) is 24.3 Å². The van der Waals surface area contributed by atoms with Gasteiger partial charge in [-0.2, -0.15) is 0 Å². The maximum absolute atomic E-state index is 12.0. The van der Waals surface area contributed by atoms with Gasteiger partial charge in [-0.15, -0.1) is 0 Å². The van der Waals surface area contributed by atoms with E-state index in [2.05, 4.69) is 20.3 Å². The number of rotatable bonds is 5. The van der Waals surface area contributed by atoms with Gasteiger partial charge >= 0.3 is 0 Å². The Balaban J connectivity index is 1.56. The van der Waals surface area contributed by atoms with Gasteiger partial charge in [-0.3, -0.25) is 14.3 Å². The molecule has 22 heavy (non-hydrogen) atoms. The van der Waals surface area contributed by atoms with E-state index in [0.717, 1.165) is 11.5 Å². The van der Waals surface area contributed by atoms with Crippen molar-refractivity contribution in [3.8, 4) is 5.82 Å². The molecule has 0 aromatic carbocycles. The standard InChI is InChI=1S/C16H15N5O/c22-16(19-8-6-14-3-1-2-7-18-14)13-4-5-15(20-11-13)21-10-9-17-12-21/h1-5,7,9-12H,6,8H2,(H,19,22). The van der Waals surface area contributed by atoms with Crippen molar-refractivity contribution in [3.63, 3.8) is 0 Å². The van der Waals surface area contributed by atoms with Crippen LogP contribution in [0, 0.1) is 0 Å². The summed E-state index contributed by atoms with van der Waals surface area (Å²) >= 11 is 0. The summed E-state index contributed by atoms with van der Waals surface area (Å²) in [5, 5.41) is 2.86. The fourth-order valence-corrected chi connectivity index (χ4v) is 2.02. The van der Waals surface area contributed by atoms with E-state index in [-0.39, 0.29) is 5.91 Å². The van der Waals surface area contributed by atoms with E-state index in [1.165, 1.54) is 0 Å². The highest BCUT2D eigenvalue weighted by molar-refractivity contribution is 5.93. The molecule has 0 saturated heterocycles. The molecule has 6 nitrogen and oxygen atoms in total. The summed E-state index contributed by atoms with van der Waals surface area (Å²) in [6, 6.07) is 9.28. The highest BCUT2D eigenvalue weighted by Gasteiger charge is 2.06. The molecule has 0 unspecified atom stereocenters. The molecule has 110 valence electrons. The van der Waals surface area contributed by atoms with Crippen LogP contribution in [-0.4, -0.2) is 32.0 Å². The third-order valence-electron chi connectivity index (χ3n) is 3.17. The maximum Gasteiger partial charge on any atom is 0.252 e.